The second kappa shape index (κ2) is 7.34. The number of hydrogen-bond acceptors (Lipinski definition) is 4. The standard InChI is InChI=1S/C18H27NO3/c1-20-14-8-9-16(18(12-14)21-2)17-7-5-10-19(17)13-15-6-3-4-11-22-15/h8-9,12,15,17H,3-7,10-11,13H2,1-2H3. The number of ether oxygens (including phenoxy) is 3. The van der Waals surface area contributed by atoms with Crippen LogP contribution in [0.3, 0.4) is 0 Å². The summed E-state index contributed by atoms with van der Waals surface area (Å²) in [7, 11) is 3.43. The molecular formula is C18H27NO3. The lowest BCUT2D eigenvalue weighted by molar-refractivity contribution is -0.00819. The maximum absolute atomic E-state index is 5.92. The van der Waals surface area contributed by atoms with E-state index in [9.17, 15) is 0 Å². The molecule has 2 aliphatic rings. The molecule has 4 heteroatoms. The predicted octanol–water partition coefficient (Wildman–Crippen LogP) is 3.41. The van der Waals surface area contributed by atoms with Crippen LogP contribution >= 0.6 is 0 Å². The Balaban J connectivity index is 1.74. The van der Waals surface area contributed by atoms with Crippen molar-refractivity contribution in [1.82, 2.24) is 4.90 Å². The van der Waals surface area contributed by atoms with Crippen molar-refractivity contribution in [2.45, 2.75) is 44.2 Å². The summed E-state index contributed by atoms with van der Waals surface area (Å²) in [5.41, 5.74) is 1.27. The number of rotatable bonds is 5. The van der Waals surface area contributed by atoms with Gasteiger partial charge in [-0.3, -0.25) is 4.90 Å². The van der Waals surface area contributed by atoms with Crippen molar-refractivity contribution in [3.8, 4) is 11.5 Å². The van der Waals surface area contributed by atoms with Crippen LogP contribution in [0.1, 0.15) is 43.7 Å². The van der Waals surface area contributed by atoms with Crippen molar-refractivity contribution in [3.63, 3.8) is 0 Å². The van der Waals surface area contributed by atoms with Crippen molar-refractivity contribution in [2.75, 3.05) is 33.9 Å². The third-order valence-corrected chi connectivity index (χ3v) is 4.88. The number of methoxy groups -OCH3 is 2. The highest BCUT2D eigenvalue weighted by atomic mass is 16.5. The van der Waals surface area contributed by atoms with E-state index in [4.69, 9.17) is 14.2 Å². The first-order valence-electron chi connectivity index (χ1n) is 8.39. The molecule has 2 saturated heterocycles. The Morgan fingerprint density at radius 2 is 2.05 bits per heavy atom. The third kappa shape index (κ3) is 3.39. The Labute approximate surface area is 133 Å². The van der Waals surface area contributed by atoms with Gasteiger partial charge in [0, 0.05) is 30.8 Å². The lowest BCUT2D eigenvalue weighted by Gasteiger charge is -2.31. The molecular weight excluding hydrogens is 278 g/mol. The van der Waals surface area contributed by atoms with E-state index in [0.29, 0.717) is 12.1 Å². The van der Waals surface area contributed by atoms with E-state index < -0.39 is 0 Å². The van der Waals surface area contributed by atoms with Gasteiger partial charge in [-0.15, -0.1) is 0 Å². The summed E-state index contributed by atoms with van der Waals surface area (Å²) in [6.45, 7) is 3.12. The SMILES string of the molecule is COc1ccc(C2CCCN2CC2CCCCO2)c(OC)c1. The number of hydrogen-bond donors (Lipinski definition) is 0. The molecule has 4 nitrogen and oxygen atoms in total. The topological polar surface area (TPSA) is 30.9 Å². The number of benzene rings is 1. The normalized spacial score (nSPS) is 26.1. The molecule has 0 radical (unpaired) electrons. The second-order valence-corrected chi connectivity index (χ2v) is 6.25. The summed E-state index contributed by atoms with van der Waals surface area (Å²) in [5.74, 6) is 1.78. The Kier molecular flexibility index (Phi) is 5.21. The van der Waals surface area contributed by atoms with Gasteiger partial charge in [0.05, 0.1) is 20.3 Å². The van der Waals surface area contributed by atoms with E-state index in [1.165, 1.54) is 37.7 Å². The molecule has 2 atom stereocenters. The molecule has 2 heterocycles. The minimum Gasteiger partial charge on any atom is -0.497 e. The van der Waals surface area contributed by atoms with Gasteiger partial charge in [-0.2, -0.15) is 0 Å². The number of likely N-dealkylation sites (tertiary alicyclic amines) is 1. The fourth-order valence-electron chi connectivity index (χ4n) is 3.70. The zero-order valence-electron chi connectivity index (χ0n) is 13.7. The van der Waals surface area contributed by atoms with Crippen molar-refractivity contribution < 1.29 is 14.2 Å². The van der Waals surface area contributed by atoms with Gasteiger partial charge in [0.25, 0.3) is 0 Å². The molecule has 0 aliphatic carbocycles. The van der Waals surface area contributed by atoms with Crippen LogP contribution in [-0.2, 0) is 4.74 Å². The van der Waals surface area contributed by atoms with Gasteiger partial charge in [0.15, 0.2) is 0 Å². The van der Waals surface area contributed by atoms with Gasteiger partial charge >= 0.3 is 0 Å². The molecule has 122 valence electrons. The summed E-state index contributed by atoms with van der Waals surface area (Å²) < 4.78 is 16.8. The van der Waals surface area contributed by atoms with Crippen LogP contribution in [0.5, 0.6) is 11.5 Å². The van der Waals surface area contributed by atoms with E-state index in [1.54, 1.807) is 14.2 Å². The van der Waals surface area contributed by atoms with Crippen molar-refractivity contribution in [3.05, 3.63) is 23.8 Å². The highest BCUT2D eigenvalue weighted by molar-refractivity contribution is 5.42. The van der Waals surface area contributed by atoms with E-state index in [-0.39, 0.29) is 0 Å². The van der Waals surface area contributed by atoms with E-state index >= 15 is 0 Å². The van der Waals surface area contributed by atoms with Crippen LogP contribution in [0.25, 0.3) is 0 Å². The van der Waals surface area contributed by atoms with Crippen molar-refractivity contribution in [2.24, 2.45) is 0 Å². The second-order valence-electron chi connectivity index (χ2n) is 6.25. The zero-order chi connectivity index (χ0) is 15.4. The molecule has 0 amide bonds. The summed E-state index contributed by atoms with van der Waals surface area (Å²) in [6, 6.07) is 6.61. The monoisotopic (exact) mass is 305 g/mol. The molecule has 1 aromatic carbocycles. The Hall–Kier alpha value is -1.26. The van der Waals surface area contributed by atoms with Gasteiger partial charge in [-0.25, -0.2) is 0 Å². The highest BCUT2D eigenvalue weighted by Crippen LogP contribution is 2.39. The molecule has 1 aromatic rings. The first-order chi connectivity index (χ1) is 10.8. The zero-order valence-corrected chi connectivity index (χ0v) is 13.7. The molecule has 3 rings (SSSR count). The lowest BCUT2D eigenvalue weighted by Crippen LogP contribution is -2.35. The molecule has 2 aliphatic heterocycles. The van der Waals surface area contributed by atoms with E-state index in [2.05, 4.69) is 11.0 Å². The molecule has 0 saturated carbocycles. The van der Waals surface area contributed by atoms with Crippen LogP contribution in [0.4, 0.5) is 0 Å². The summed E-state index contributed by atoms with van der Waals surface area (Å²) in [4.78, 5) is 2.57. The molecule has 2 fully saturated rings. The summed E-state index contributed by atoms with van der Waals surface area (Å²) >= 11 is 0. The summed E-state index contributed by atoms with van der Waals surface area (Å²) in [5, 5.41) is 0. The van der Waals surface area contributed by atoms with Crippen LogP contribution in [0, 0.1) is 0 Å². The molecule has 2 unspecified atom stereocenters. The first-order valence-corrected chi connectivity index (χ1v) is 8.39. The molecule has 0 N–H and O–H groups in total. The van der Waals surface area contributed by atoms with E-state index in [1.807, 2.05) is 12.1 Å². The highest BCUT2D eigenvalue weighted by Gasteiger charge is 2.30. The van der Waals surface area contributed by atoms with Crippen LogP contribution in [0.2, 0.25) is 0 Å². The minimum absolute atomic E-state index is 0.401. The van der Waals surface area contributed by atoms with Crippen LogP contribution in [0.15, 0.2) is 18.2 Å². The maximum Gasteiger partial charge on any atom is 0.127 e. The minimum atomic E-state index is 0.401. The third-order valence-electron chi connectivity index (χ3n) is 4.88. The molecule has 0 aromatic heterocycles. The first kappa shape index (κ1) is 15.6. The number of nitrogens with zero attached hydrogens (tertiary/aromatic N) is 1. The van der Waals surface area contributed by atoms with Gasteiger partial charge in [0.1, 0.15) is 11.5 Å². The fraction of sp³-hybridized carbons (Fsp3) is 0.667. The fourth-order valence-corrected chi connectivity index (χ4v) is 3.70. The van der Waals surface area contributed by atoms with Gasteiger partial charge in [-0.05, 0) is 44.7 Å². The van der Waals surface area contributed by atoms with Gasteiger partial charge in [0.2, 0.25) is 0 Å². The van der Waals surface area contributed by atoms with Crippen molar-refractivity contribution >= 4 is 0 Å². The van der Waals surface area contributed by atoms with Gasteiger partial charge < -0.3 is 14.2 Å². The van der Waals surface area contributed by atoms with E-state index in [0.717, 1.165) is 31.2 Å². The Morgan fingerprint density at radius 3 is 2.77 bits per heavy atom. The smallest absolute Gasteiger partial charge is 0.127 e. The Morgan fingerprint density at radius 1 is 1.14 bits per heavy atom. The largest absolute Gasteiger partial charge is 0.497 e. The van der Waals surface area contributed by atoms with Crippen LogP contribution in [-0.4, -0.2) is 44.9 Å². The average molecular weight is 305 g/mol. The quantitative estimate of drug-likeness (QED) is 0.834. The molecule has 0 spiro atoms. The van der Waals surface area contributed by atoms with Crippen LogP contribution < -0.4 is 9.47 Å². The Bertz CT molecular complexity index is 485. The predicted molar refractivity (Wildman–Crippen MR) is 86.7 cm³/mol. The summed E-state index contributed by atoms with van der Waals surface area (Å²) in [6.07, 6.45) is 6.55. The molecule has 0 bridgehead atoms. The maximum atomic E-state index is 5.92. The average Bonchev–Trinajstić information content (AvgIpc) is 3.03. The van der Waals surface area contributed by atoms with Gasteiger partial charge in [-0.1, -0.05) is 6.07 Å². The van der Waals surface area contributed by atoms with Crippen molar-refractivity contribution in [1.29, 1.82) is 0 Å². The lowest BCUT2D eigenvalue weighted by atomic mass is 10.0. The molecule has 22 heavy (non-hydrogen) atoms.